The van der Waals surface area contributed by atoms with Crippen molar-refractivity contribution < 1.29 is 50.2 Å². The van der Waals surface area contributed by atoms with Crippen molar-refractivity contribution in [2.45, 2.75) is 48.2 Å². The lowest BCUT2D eigenvalue weighted by atomic mass is 9.83. The second-order valence-electron chi connectivity index (χ2n) is 12.6. The number of methoxy groups -OCH3 is 1. The fourth-order valence-corrected chi connectivity index (χ4v) is 7.67. The molecule has 0 saturated heterocycles. The molecule has 0 aromatic heterocycles. The Morgan fingerprint density at radius 3 is 2.31 bits per heavy atom. The van der Waals surface area contributed by atoms with E-state index in [2.05, 4.69) is 10.6 Å². The molecule has 10 nitrogen and oxygen atoms in total. The van der Waals surface area contributed by atoms with E-state index in [0.29, 0.717) is 24.0 Å². The average molecular weight is 706 g/mol. The van der Waals surface area contributed by atoms with Crippen molar-refractivity contribution >= 4 is 33.3 Å². The lowest BCUT2D eigenvalue weighted by Gasteiger charge is -2.31. The van der Waals surface area contributed by atoms with Gasteiger partial charge in [0.05, 0.1) is 23.5 Å². The number of hydrogen-bond acceptors (Lipinski definition) is 7. The summed E-state index contributed by atoms with van der Waals surface area (Å²) in [5, 5.41) is 14.9. The number of fused-ring (bicyclic) bond motifs is 2. The molecule has 49 heavy (non-hydrogen) atoms. The molecule has 3 aromatic carbocycles. The molecule has 0 radical (unpaired) electrons. The molecule has 5 atom stereocenters. The van der Waals surface area contributed by atoms with E-state index < -0.39 is 61.8 Å². The number of carbonyl (C=O) groups excluding carboxylic acids is 2. The molecule has 2 saturated carbocycles. The Morgan fingerprint density at radius 2 is 1.69 bits per heavy atom. The third-order valence-electron chi connectivity index (χ3n) is 9.37. The van der Waals surface area contributed by atoms with Gasteiger partial charge in [-0.2, -0.15) is 13.2 Å². The average Bonchev–Trinajstić information content (AvgIpc) is 3.65. The Labute approximate surface area is 280 Å². The number of carboxylic acid groups (broad SMARTS) is 1. The zero-order chi connectivity index (χ0) is 35.8. The lowest BCUT2D eigenvalue weighted by Crippen LogP contribution is -2.48. The number of aliphatic carboxylic acids is 1. The number of anilines is 1. The second kappa shape index (κ2) is 13.8. The van der Waals surface area contributed by atoms with Gasteiger partial charge in [-0.3, -0.25) is 19.3 Å². The van der Waals surface area contributed by atoms with Gasteiger partial charge in [0.15, 0.2) is 0 Å². The van der Waals surface area contributed by atoms with E-state index in [4.69, 9.17) is 4.74 Å². The number of benzene rings is 3. The number of nitrogens with zero attached hydrogens (tertiary/aromatic N) is 1. The van der Waals surface area contributed by atoms with E-state index in [1.165, 1.54) is 19.2 Å². The van der Waals surface area contributed by atoms with Crippen LogP contribution in [0.2, 0.25) is 0 Å². The monoisotopic (exact) mass is 705 g/mol. The van der Waals surface area contributed by atoms with Gasteiger partial charge >= 0.3 is 11.5 Å². The molecule has 2 fully saturated rings. The first kappa shape index (κ1) is 35.8. The van der Waals surface area contributed by atoms with Crippen LogP contribution in [0.15, 0.2) is 65.6 Å². The maximum Gasteiger partial charge on any atom is 0.501 e. The molecular weight excluding hydrogens is 670 g/mol. The number of alkyl halides is 3. The standard InChI is InChI=1S/C34H35F4N3O7S/c1-41(2)27(33(44)45)13-18-7-9-19(10-8-18)24-16-25(28(48-3)17-26(24)35)31(42)40-30-21-12-11-20(14-21)29(30)32(43)39-22-5-4-6-23(15-22)49(46,47)34(36,37)38/h4-10,15-17,20-21,27,29-30H,11-14H2,1-3H3,(H,39,43)(H,40,42)(H,44,45)/t20-,21+,27-,29+,30-/m1/s1. The smallest absolute Gasteiger partial charge is 0.496 e. The van der Waals surface area contributed by atoms with Crippen LogP contribution in [0, 0.1) is 23.6 Å². The highest BCUT2D eigenvalue weighted by molar-refractivity contribution is 7.92. The highest BCUT2D eigenvalue weighted by atomic mass is 32.2. The fourth-order valence-electron chi connectivity index (χ4n) is 6.86. The third-order valence-corrected chi connectivity index (χ3v) is 10.9. The number of carbonyl (C=O) groups is 3. The van der Waals surface area contributed by atoms with Crippen molar-refractivity contribution in [1.29, 1.82) is 0 Å². The van der Waals surface area contributed by atoms with Crippen LogP contribution in [0.5, 0.6) is 5.75 Å². The van der Waals surface area contributed by atoms with Crippen LogP contribution in [-0.2, 0) is 25.8 Å². The van der Waals surface area contributed by atoms with Gasteiger partial charge < -0.3 is 20.5 Å². The molecule has 262 valence electrons. The Balaban J connectivity index is 1.37. The van der Waals surface area contributed by atoms with Crippen molar-refractivity contribution in [3.05, 3.63) is 77.6 Å². The highest BCUT2D eigenvalue weighted by Crippen LogP contribution is 2.49. The Kier molecular flexibility index (Phi) is 10.1. The summed E-state index contributed by atoms with van der Waals surface area (Å²) < 4.78 is 83.8. The lowest BCUT2D eigenvalue weighted by molar-refractivity contribution is -0.142. The first-order valence-corrected chi connectivity index (χ1v) is 16.9. The molecular formula is C34H35F4N3O7S. The van der Waals surface area contributed by atoms with Gasteiger partial charge in [-0.15, -0.1) is 0 Å². The van der Waals surface area contributed by atoms with Gasteiger partial charge in [0.2, 0.25) is 5.91 Å². The maximum absolute atomic E-state index is 15.3. The molecule has 2 aliphatic carbocycles. The predicted molar refractivity (Wildman–Crippen MR) is 171 cm³/mol. The summed E-state index contributed by atoms with van der Waals surface area (Å²) in [5.41, 5.74) is -4.41. The number of nitrogens with one attached hydrogen (secondary N) is 2. The molecule has 0 heterocycles. The van der Waals surface area contributed by atoms with Gasteiger partial charge in [-0.1, -0.05) is 30.3 Å². The molecule has 2 bridgehead atoms. The SMILES string of the molecule is COc1cc(F)c(-c2ccc(C[C@H](C(=O)O)N(C)C)cc2)cc1C(=O)N[C@@H]1[C@H]2CC[C@H](C2)[C@@H]1C(=O)Nc1cccc(S(=O)(=O)C(F)(F)F)c1. The first-order chi connectivity index (χ1) is 23.0. The van der Waals surface area contributed by atoms with E-state index in [1.54, 1.807) is 43.3 Å². The number of carboxylic acids is 1. The molecule has 0 aliphatic heterocycles. The third kappa shape index (κ3) is 7.27. The van der Waals surface area contributed by atoms with Crippen LogP contribution in [0.1, 0.15) is 35.2 Å². The van der Waals surface area contributed by atoms with Gasteiger partial charge in [0.1, 0.15) is 17.6 Å². The summed E-state index contributed by atoms with van der Waals surface area (Å²) in [6.07, 6.45) is 2.27. The largest absolute Gasteiger partial charge is 0.501 e. The van der Waals surface area contributed by atoms with E-state index in [0.717, 1.165) is 30.7 Å². The Hall–Kier alpha value is -4.50. The summed E-state index contributed by atoms with van der Waals surface area (Å²) in [5.74, 6) is -3.86. The summed E-state index contributed by atoms with van der Waals surface area (Å²) in [7, 11) is -1.03. The molecule has 5 rings (SSSR count). The quantitative estimate of drug-likeness (QED) is 0.233. The van der Waals surface area contributed by atoms with Crippen LogP contribution in [0.25, 0.3) is 11.1 Å². The molecule has 3 aromatic rings. The minimum atomic E-state index is -5.64. The van der Waals surface area contributed by atoms with E-state index in [1.807, 2.05) is 0 Å². The number of halogens is 4. The number of ether oxygens (including phenoxy) is 1. The zero-order valence-corrected chi connectivity index (χ0v) is 27.6. The zero-order valence-electron chi connectivity index (χ0n) is 26.8. The van der Waals surface area contributed by atoms with Gasteiger partial charge in [0.25, 0.3) is 15.7 Å². The van der Waals surface area contributed by atoms with Crippen LogP contribution >= 0.6 is 0 Å². The van der Waals surface area contributed by atoms with Crippen LogP contribution in [0.4, 0.5) is 23.2 Å². The molecule has 2 aliphatic rings. The van der Waals surface area contributed by atoms with Gasteiger partial charge in [-0.05, 0) is 87.0 Å². The van der Waals surface area contributed by atoms with E-state index in [9.17, 15) is 41.1 Å². The highest BCUT2D eigenvalue weighted by Gasteiger charge is 2.52. The van der Waals surface area contributed by atoms with Gasteiger partial charge in [0, 0.05) is 23.4 Å². The van der Waals surface area contributed by atoms with Crippen LogP contribution < -0.4 is 15.4 Å². The van der Waals surface area contributed by atoms with Crippen molar-refractivity contribution in [1.82, 2.24) is 10.2 Å². The molecule has 2 amide bonds. The predicted octanol–water partition coefficient (Wildman–Crippen LogP) is 5.14. The molecule has 0 spiro atoms. The Morgan fingerprint density at radius 1 is 1.02 bits per heavy atom. The maximum atomic E-state index is 15.3. The van der Waals surface area contributed by atoms with E-state index >= 15 is 4.39 Å². The second-order valence-corrected chi connectivity index (χ2v) is 14.5. The number of rotatable bonds is 11. The minimum absolute atomic E-state index is 0.00788. The minimum Gasteiger partial charge on any atom is -0.496 e. The normalized spacial score (nSPS) is 21.0. The van der Waals surface area contributed by atoms with Gasteiger partial charge in [-0.25, -0.2) is 12.8 Å². The number of amides is 2. The number of hydrogen-bond donors (Lipinski definition) is 3. The van der Waals surface area contributed by atoms with Crippen LogP contribution in [-0.4, -0.2) is 75.0 Å². The number of sulfone groups is 1. The van der Waals surface area contributed by atoms with Crippen molar-refractivity contribution in [2.24, 2.45) is 17.8 Å². The van der Waals surface area contributed by atoms with E-state index in [-0.39, 0.29) is 40.8 Å². The summed E-state index contributed by atoms with van der Waals surface area (Å²) in [4.78, 5) is 39.4. The first-order valence-electron chi connectivity index (χ1n) is 15.4. The summed E-state index contributed by atoms with van der Waals surface area (Å²) in [6.45, 7) is 0. The summed E-state index contributed by atoms with van der Waals surface area (Å²) >= 11 is 0. The molecule has 3 N–H and O–H groups in total. The Bertz CT molecular complexity index is 1870. The molecule has 15 heteroatoms. The summed E-state index contributed by atoms with van der Waals surface area (Å²) in [6, 6.07) is 11.5. The van der Waals surface area contributed by atoms with Crippen LogP contribution in [0.3, 0.4) is 0 Å². The van der Waals surface area contributed by atoms with Crippen molar-refractivity contribution in [2.75, 3.05) is 26.5 Å². The van der Waals surface area contributed by atoms with Crippen molar-refractivity contribution in [3.63, 3.8) is 0 Å². The van der Waals surface area contributed by atoms with Crippen molar-refractivity contribution in [3.8, 4) is 16.9 Å². The fraction of sp³-hybridized carbons (Fsp3) is 0.382. The molecule has 0 unspecified atom stereocenters. The topological polar surface area (TPSA) is 142 Å². The number of likely N-dealkylation sites (N-methyl/N-ethyl adjacent to an activating group) is 1.